The molecule has 0 spiro atoms. The maximum absolute atomic E-state index is 13.0. The molecular weight excluding hydrogens is 350 g/mol. The number of benzene rings is 1. The molecule has 5 rings (SSSR count). The molecule has 0 saturated heterocycles. The molecule has 26 heavy (non-hydrogen) atoms. The molecule has 3 aromatic heterocycles. The number of fused-ring (bicyclic) bond motifs is 5. The molecule has 1 aliphatic heterocycles. The van der Waals surface area contributed by atoms with Crippen LogP contribution < -0.4 is 15.7 Å². The largest absolute Gasteiger partial charge is 0.497 e. The van der Waals surface area contributed by atoms with Gasteiger partial charge in [-0.2, -0.15) is 9.61 Å². The summed E-state index contributed by atoms with van der Waals surface area (Å²) in [5, 5.41) is 8.63. The summed E-state index contributed by atoms with van der Waals surface area (Å²) in [6, 6.07) is 7.79. The first-order valence-corrected chi connectivity index (χ1v) is 9.28. The molecule has 132 valence electrons. The zero-order chi connectivity index (χ0) is 17.7. The summed E-state index contributed by atoms with van der Waals surface area (Å²) in [6.07, 6.45) is 2.43. The van der Waals surface area contributed by atoms with Gasteiger partial charge in [0.2, 0.25) is 0 Å². The van der Waals surface area contributed by atoms with Crippen molar-refractivity contribution in [3.63, 3.8) is 0 Å². The van der Waals surface area contributed by atoms with Gasteiger partial charge >= 0.3 is 5.69 Å². The minimum atomic E-state index is -0.160. The first-order chi connectivity index (χ1) is 12.8. The Morgan fingerprint density at radius 1 is 1.31 bits per heavy atom. The standard InChI is InChI=1S/C18H17N5O2S/c1-25-12-4-2-11(3-5-12)9-22-17-15(13-8-19-7-6-14(13)26-17)16-20-10-21-23(16)18(22)24/h2-5,10,19H,6-9H2,1H3. The third-order valence-electron chi connectivity index (χ3n) is 4.83. The smallest absolute Gasteiger partial charge is 0.352 e. The van der Waals surface area contributed by atoms with E-state index < -0.39 is 0 Å². The van der Waals surface area contributed by atoms with Crippen LogP contribution in [0, 0.1) is 0 Å². The van der Waals surface area contributed by atoms with Gasteiger partial charge in [0.1, 0.15) is 16.9 Å². The Balaban J connectivity index is 1.75. The fourth-order valence-electron chi connectivity index (χ4n) is 3.53. The van der Waals surface area contributed by atoms with Gasteiger partial charge < -0.3 is 10.1 Å². The van der Waals surface area contributed by atoms with Crippen LogP contribution in [0.2, 0.25) is 0 Å². The topological polar surface area (TPSA) is 73.5 Å². The molecule has 1 aliphatic rings. The van der Waals surface area contributed by atoms with Crippen LogP contribution in [0.3, 0.4) is 0 Å². The normalized spacial score (nSPS) is 14.0. The second-order valence-electron chi connectivity index (χ2n) is 6.32. The van der Waals surface area contributed by atoms with Crippen molar-refractivity contribution < 1.29 is 4.74 Å². The van der Waals surface area contributed by atoms with Gasteiger partial charge in [0, 0.05) is 18.0 Å². The van der Waals surface area contributed by atoms with E-state index in [1.165, 1.54) is 21.3 Å². The Hall–Kier alpha value is -2.71. The SMILES string of the molecule is COc1ccc(Cn2c(=O)n3ncnc3c3c4c(sc32)CCNC4)cc1. The van der Waals surface area contributed by atoms with Crippen LogP contribution in [-0.4, -0.2) is 32.8 Å². The number of nitrogens with one attached hydrogen (secondary N) is 1. The molecule has 0 radical (unpaired) electrons. The van der Waals surface area contributed by atoms with Crippen molar-refractivity contribution in [1.82, 2.24) is 24.5 Å². The van der Waals surface area contributed by atoms with Crippen molar-refractivity contribution in [2.24, 2.45) is 0 Å². The predicted octanol–water partition coefficient (Wildman–Crippen LogP) is 1.81. The molecule has 8 heteroatoms. The third kappa shape index (κ3) is 2.26. The van der Waals surface area contributed by atoms with Crippen molar-refractivity contribution >= 4 is 27.2 Å². The van der Waals surface area contributed by atoms with Crippen molar-refractivity contribution in [2.75, 3.05) is 13.7 Å². The number of hydrogen-bond donors (Lipinski definition) is 1. The van der Waals surface area contributed by atoms with Crippen LogP contribution >= 0.6 is 11.3 Å². The lowest BCUT2D eigenvalue weighted by atomic mass is 10.1. The van der Waals surface area contributed by atoms with Crippen LogP contribution in [0.4, 0.5) is 0 Å². The van der Waals surface area contributed by atoms with Crippen LogP contribution in [0.25, 0.3) is 15.9 Å². The molecule has 0 saturated carbocycles. The van der Waals surface area contributed by atoms with E-state index in [2.05, 4.69) is 15.4 Å². The van der Waals surface area contributed by atoms with Gasteiger partial charge in [0.15, 0.2) is 5.65 Å². The number of methoxy groups -OCH3 is 1. The molecule has 0 fully saturated rings. The lowest BCUT2D eigenvalue weighted by Gasteiger charge is -2.12. The number of hydrogen-bond acceptors (Lipinski definition) is 6. The van der Waals surface area contributed by atoms with Gasteiger partial charge in [-0.1, -0.05) is 12.1 Å². The highest BCUT2D eigenvalue weighted by atomic mass is 32.1. The van der Waals surface area contributed by atoms with E-state index in [-0.39, 0.29) is 5.69 Å². The molecule has 7 nitrogen and oxygen atoms in total. The lowest BCUT2D eigenvalue weighted by Crippen LogP contribution is -2.28. The quantitative estimate of drug-likeness (QED) is 0.598. The minimum absolute atomic E-state index is 0.160. The van der Waals surface area contributed by atoms with Crippen LogP contribution in [0.1, 0.15) is 16.0 Å². The second kappa shape index (κ2) is 5.93. The monoisotopic (exact) mass is 367 g/mol. The molecule has 1 aromatic carbocycles. The van der Waals surface area contributed by atoms with E-state index in [0.717, 1.165) is 41.0 Å². The van der Waals surface area contributed by atoms with Crippen LogP contribution in [-0.2, 0) is 19.5 Å². The second-order valence-corrected chi connectivity index (χ2v) is 7.41. The summed E-state index contributed by atoms with van der Waals surface area (Å²) in [5.41, 5.74) is 2.78. The third-order valence-corrected chi connectivity index (χ3v) is 6.15. The predicted molar refractivity (Wildman–Crippen MR) is 100 cm³/mol. The van der Waals surface area contributed by atoms with E-state index in [1.807, 2.05) is 28.8 Å². The van der Waals surface area contributed by atoms with E-state index in [1.54, 1.807) is 18.4 Å². The van der Waals surface area contributed by atoms with Crippen LogP contribution in [0.15, 0.2) is 35.4 Å². The van der Waals surface area contributed by atoms with E-state index >= 15 is 0 Å². The molecule has 0 unspecified atom stereocenters. The maximum Gasteiger partial charge on any atom is 0.352 e. The summed E-state index contributed by atoms with van der Waals surface area (Å²) in [5.74, 6) is 0.802. The molecule has 4 heterocycles. The Bertz CT molecular complexity index is 1170. The lowest BCUT2D eigenvalue weighted by molar-refractivity contribution is 0.414. The first kappa shape index (κ1) is 15.5. The first-order valence-electron chi connectivity index (χ1n) is 8.46. The van der Waals surface area contributed by atoms with E-state index in [0.29, 0.717) is 12.2 Å². The number of ether oxygens (including phenoxy) is 1. The summed E-state index contributed by atoms with van der Waals surface area (Å²) < 4.78 is 8.44. The molecule has 4 aromatic rings. The Morgan fingerprint density at radius 3 is 2.96 bits per heavy atom. The van der Waals surface area contributed by atoms with Crippen molar-refractivity contribution in [3.8, 4) is 5.75 Å². The van der Waals surface area contributed by atoms with Gasteiger partial charge in [0.25, 0.3) is 0 Å². The number of rotatable bonds is 3. The zero-order valence-electron chi connectivity index (χ0n) is 14.2. The van der Waals surface area contributed by atoms with Crippen molar-refractivity contribution in [1.29, 1.82) is 0 Å². The molecule has 1 N–H and O–H groups in total. The molecular formula is C18H17N5O2S. The summed E-state index contributed by atoms with van der Waals surface area (Å²) in [6.45, 7) is 2.26. The molecule has 0 aliphatic carbocycles. The summed E-state index contributed by atoms with van der Waals surface area (Å²) >= 11 is 1.70. The minimum Gasteiger partial charge on any atom is -0.497 e. The fraction of sp³-hybridized carbons (Fsp3) is 0.278. The van der Waals surface area contributed by atoms with Gasteiger partial charge in [0.05, 0.1) is 19.0 Å². The van der Waals surface area contributed by atoms with Gasteiger partial charge in [-0.05, 0) is 29.7 Å². The fourth-order valence-corrected chi connectivity index (χ4v) is 4.83. The highest BCUT2D eigenvalue weighted by Gasteiger charge is 2.23. The Labute approximate surface area is 152 Å². The van der Waals surface area contributed by atoms with E-state index in [9.17, 15) is 4.79 Å². The van der Waals surface area contributed by atoms with E-state index in [4.69, 9.17) is 4.74 Å². The highest BCUT2D eigenvalue weighted by molar-refractivity contribution is 7.19. The van der Waals surface area contributed by atoms with Gasteiger partial charge in [-0.3, -0.25) is 4.57 Å². The maximum atomic E-state index is 13.0. The molecule has 0 amide bonds. The number of thiophene rings is 1. The van der Waals surface area contributed by atoms with Crippen molar-refractivity contribution in [2.45, 2.75) is 19.5 Å². The van der Waals surface area contributed by atoms with Gasteiger partial charge in [-0.15, -0.1) is 11.3 Å². The number of aromatic nitrogens is 4. The highest BCUT2D eigenvalue weighted by Crippen LogP contribution is 2.34. The van der Waals surface area contributed by atoms with Gasteiger partial charge in [-0.25, -0.2) is 9.78 Å². The average molecular weight is 367 g/mol. The average Bonchev–Trinajstić information content (AvgIpc) is 3.30. The summed E-state index contributed by atoms with van der Waals surface area (Å²) in [4.78, 5) is 19.7. The Morgan fingerprint density at radius 2 is 2.15 bits per heavy atom. The number of nitrogens with zero attached hydrogens (tertiary/aromatic N) is 4. The zero-order valence-corrected chi connectivity index (χ0v) is 15.0. The Kier molecular flexibility index (Phi) is 3.54. The summed E-state index contributed by atoms with van der Waals surface area (Å²) in [7, 11) is 1.64. The molecule has 0 atom stereocenters. The van der Waals surface area contributed by atoms with Crippen LogP contribution in [0.5, 0.6) is 5.75 Å². The van der Waals surface area contributed by atoms with Crippen molar-refractivity contribution in [3.05, 3.63) is 57.1 Å². The molecule has 0 bridgehead atoms.